The van der Waals surface area contributed by atoms with Crippen molar-refractivity contribution in [2.24, 2.45) is 11.8 Å². The molecule has 3 aromatic rings. The van der Waals surface area contributed by atoms with Crippen molar-refractivity contribution in [1.29, 1.82) is 0 Å². The number of anilines is 2. The molecule has 6 nitrogen and oxygen atoms in total. The highest BCUT2D eigenvalue weighted by molar-refractivity contribution is 5.78. The first kappa shape index (κ1) is 22.8. The largest absolute Gasteiger partial charge is 0.497 e. The normalized spacial score (nSPS) is 22.6. The van der Waals surface area contributed by atoms with Gasteiger partial charge < -0.3 is 19.5 Å². The number of carbonyl (C=O) groups is 1. The van der Waals surface area contributed by atoms with Gasteiger partial charge in [0.15, 0.2) is 0 Å². The van der Waals surface area contributed by atoms with Gasteiger partial charge in [0.05, 0.1) is 18.7 Å². The molecule has 0 bridgehead atoms. The summed E-state index contributed by atoms with van der Waals surface area (Å²) in [6, 6.07) is 9.65. The highest BCUT2D eigenvalue weighted by Crippen LogP contribution is 2.61. The first-order chi connectivity index (χ1) is 17.2. The number of fused-ring (bicyclic) bond motifs is 4. The van der Waals surface area contributed by atoms with E-state index in [1.165, 1.54) is 19.2 Å². The summed E-state index contributed by atoms with van der Waals surface area (Å²) in [6.45, 7) is 4.47. The Morgan fingerprint density at radius 1 is 1.17 bits per heavy atom. The number of nitrogens with zero attached hydrogens (tertiary/aromatic N) is 2. The van der Waals surface area contributed by atoms with Crippen molar-refractivity contribution in [2.75, 3.05) is 18.6 Å². The van der Waals surface area contributed by atoms with Gasteiger partial charge in [-0.05, 0) is 53.3 Å². The molecule has 1 aliphatic heterocycles. The fourth-order valence-corrected chi connectivity index (χ4v) is 5.92. The third-order valence-corrected chi connectivity index (χ3v) is 7.83. The fourth-order valence-electron chi connectivity index (χ4n) is 5.92. The van der Waals surface area contributed by atoms with E-state index in [9.17, 15) is 14.3 Å². The van der Waals surface area contributed by atoms with Crippen LogP contribution in [-0.4, -0.2) is 29.7 Å². The molecule has 36 heavy (non-hydrogen) atoms. The molecule has 0 saturated heterocycles. The number of aliphatic carboxylic acids is 1. The van der Waals surface area contributed by atoms with Gasteiger partial charge in [-0.15, -0.1) is 0 Å². The van der Waals surface area contributed by atoms with Gasteiger partial charge in [-0.2, -0.15) is 0 Å². The summed E-state index contributed by atoms with van der Waals surface area (Å²) < 4.78 is 41.1. The van der Waals surface area contributed by atoms with Crippen LogP contribution in [0.15, 0.2) is 42.6 Å². The summed E-state index contributed by atoms with van der Waals surface area (Å²) in [6.07, 6.45) is 2.38. The number of hydrogen-bond acceptors (Lipinski definition) is 5. The van der Waals surface area contributed by atoms with E-state index < -0.39 is 5.97 Å². The van der Waals surface area contributed by atoms with E-state index >= 15 is 4.39 Å². The van der Waals surface area contributed by atoms with Gasteiger partial charge in [-0.1, -0.05) is 13.8 Å². The van der Waals surface area contributed by atoms with Crippen LogP contribution in [0.4, 0.5) is 20.2 Å². The minimum atomic E-state index is -0.755. The third kappa shape index (κ3) is 3.50. The molecule has 1 saturated carbocycles. The summed E-state index contributed by atoms with van der Waals surface area (Å²) in [5.41, 5.74) is 3.88. The summed E-state index contributed by atoms with van der Waals surface area (Å²) >= 11 is 0. The number of carboxylic acids is 1. The smallest absolute Gasteiger partial charge is 0.307 e. The zero-order chi connectivity index (χ0) is 25.4. The number of rotatable bonds is 6. The fraction of sp³-hybridized carbons (Fsp3) is 0.357. The van der Waals surface area contributed by atoms with Crippen molar-refractivity contribution in [3.8, 4) is 11.6 Å². The first-order valence-electron chi connectivity index (χ1n) is 12.0. The van der Waals surface area contributed by atoms with Crippen LogP contribution < -0.4 is 14.4 Å². The minimum Gasteiger partial charge on any atom is -0.497 e. The van der Waals surface area contributed by atoms with E-state index in [1.807, 2.05) is 24.8 Å². The van der Waals surface area contributed by atoms with Gasteiger partial charge in [-0.3, -0.25) is 4.79 Å². The van der Waals surface area contributed by atoms with Crippen LogP contribution in [0.5, 0.6) is 11.6 Å². The van der Waals surface area contributed by atoms with E-state index in [-0.39, 0.29) is 41.4 Å². The molecule has 3 aliphatic rings. The molecule has 2 aromatic carbocycles. The maximum atomic E-state index is 15.1. The Balaban J connectivity index is 1.26. The molecule has 186 valence electrons. The Morgan fingerprint density at radius 2 is 1.97 bits per heavy atom. The zero-order valence-corrected chi connectivity index (χ0v) is 20.2. The second-order valence-corrected chi connectivity index (χ2v) is 10.5. The van der Waals surface area contributed by atoms with Crippen molar-refractivity contribution >= 4 is 17.3 Å². The van der Waals surface area contributed by atoms with Gasteiger partial charge in [-0.25, -0.2) is 13.8 Å². The van der Waals surface area contributed by atoms with Crippen molar-refractivity contribution in [3.05, 3.63) is 76.5 Å². The Bertz CT molecular complexity index is 1410. The third-order valence-electron chi connectivity index (χ3n) is 7.83. The Kier molecular flexibility index (Phi) is 5.00. The van der Waals surface area contributed by atoms with Gasteiger partial charge in [0.2, 0.25) is 5.88 Å². The Hall–Kier alpha value is -3.68. The lowest BCUT2D eigenvalue weighted by Crippen LogP contribution is -2.25. The van der Waals surface area contributed by atoms with Crippen LogP contribution >= 0.6 is 0 Å². The average Bonchev–Trinajstić information content (AvgIpc) is 3.34. The molecule has 8 heteroatoms. The lowest BCUT2D eigenvalue weighted by atomic mass is 9.86. The number of halogens is 2. The van der Waals surface area contributed by atoms with Crippen molar-refractivity contribution in [1.82, 2.24) is 4.98 Å². The van der Waals surface area contributed by atoms with Crippen molar-refractivity contribution in [2.45, 2.75) is 38.2 Å². The number of benzene rings is 2. The number of methoxy groups -OCH3 is 1. The predicted molar refractivity (Wildman–Crippen MR) is 129 cm³/mol. The highest BCUT2D eigenvalue weighted by atomic mass is 19.1. The second kappa shape index (κ2) is 7.91. The standard InChI is InChI=1S/C28H26F2N2O4/c1-28(2)13-32(23-9-16(35-3)4-5-20(23)29)22-7-15(21(30)10-19(22)28)12-36-24-8-14-6-17-25(18(14)11-31-24)26(17)27(33)34/h4-5,7-11,17,25-26H,6,12-13H2,1-3H3,(H,33,34)/t17-,25-,26+/m1/s1. The number of ether oxygens (including phenoxy) is 2. The second-order valence-electron chi connectivity index (χ2n) is 10.5. The summed E-state index contributed by atoms with van der Waals surface area (Å²) in [5.74, 6) is -0.748. The highest BCUT2D eigenvalue weighted by Gasteiger charge is 2.60. The SMILES string of the molecule is COc1ccc(F)c(N2CC(C)(C)c3cc(F)c(COc4cc5c(cn4)[C@H]4[C@@H](C5)[C@@H]4C(=O)O)cc32)c1. The molecule has 3 atom stereocenters. The molecule has 1 fully saturated rings. The lowest BCUT2D eigenvalue weighted by Gasteiger charge is -2.23. The molecule has 0 unspecified atom stereocenters. The molecule has 0 radical (unpaired) electrons. The molecule has 0 spiro atoms. The Morgan fingerprint density at radius 3 is 2.72 bits per heavy atom. The summed E-state index contributed by atoms with van der Waals surface area (Å²) in [7, 11) is 1.53. The minimum absolute atomic E-state index is 0.0373. The quantitative estimate of drug-likeness (QED) is 0.501. The van der Waals surface area contributed by atoms with Gasteiger partial charge in [0.25, 0.3) is 0 Å². The van der Waals surface area contributed by atoms with Crippen LogP contribution in [0.2, 0.25) is 0 Å². The molecule has 2 aliphatic carbocycles. The molecule has 1 aromatic heterocycles. The van der Waals surface area contributed by atoms with E-state index in [1.54, 1.807) is 24.4 Å². The van der Waals surface area contributed by atoms with Crippen LogP contribution in [0.1, 0.15) is 42.0 Å². The maximum Gasteiger partial charge on any atom is 0.307 e. The topological polar surface area (TPSA) is 71.9 Å². The number of carboxylic acid groups (broad SMARTS) is 1. The maximum absolute atomic E-state index is 15.1. The van der Waals surface area contributed by atoms with Crippen LogP contribution in [-0.2, 0) is 23.2 Å². The van der Waals surface area contributed by atoms with Crippen LogP contribution in [0.25, 0.3) is 0 Å². The molecular formula is C28H26F2N2O4. The molecule has 1 N–H and O–H groups in total. The van der Waals surface area contributed by atoms with Crippen LogP contribution in [0, 0.1) is 23.5 Å². The summed E-state index contributed by atoms with van der Waals surface area (Å²) in [5, 5.41) is 9.30. The first-order valence-corrected chi connectivity index (χ1v) is 12.0. The van der Waals surface area contributed by atoms with Crippen LogP contribution in [0.3, 0.4) is 0 Å². The molecule has 2 heterocycles. The van der Waals surface area contributed by atoms with Crippen molar-refractivity contribution in [3.63, 3.8) is 0 Å². The predicted octanol–water partition coefficient (Wildman–Crippen LogP) is 5.35. The number of hydrogen-bond donors (Lipinski definition) is 1. The van der Waals surface area contributed by atoms with Gasteiger partial charge in [0.1, 0.15) is 24.0 Å². The van der Waals surface area contributed by atoms with E-state index in [2.05, 4.69) is 4.98 Å². The summed E-state index contributed by atoms with van der Waals surface area (Å²) in [4.78, 5) is 17.5. The monoisotopic (exact) mass is 492 g/mol. The molecular weight excluding hydrogens is 466 g/mol. The van der Waals surface area contributed by atoms with E-state index in [0.29, 0.717) is 35.8 Å². The number of pyridine rings is 1. The van der Waals surface area contributed by atoms with Crippen molar-refractivity contribution < 1.29 is 28.2 Å². The Labute approximate surface area is 207 Å². The lowest BCUT2D eigenvalue weighted by molar-refractivity contribution is -0.139. The van der Waals surface area contributed by atoms with Gasteiger partial charge in [0, 0.05) is 47.5 Å². The van der Waals surface area contributed by atoms with Gasteiger partial charge >= 0.3 is 5.97 Å². The molecule has 6 rings (SSSR count). The average molecular weight is 493 g/mol. The number of aromatic nitrogens is 1. The van der Waals surface area contributed by atoms with E-state index in [0.717, 1.165) is 22.4 Å². The zero-order valence-electron chi connectivity index (χ0n) is 20.2. The van der Waals surface area contributed by atoms with E-state index in [4.69, 9.17) is 9.47 Å². The molecule has 0 amide bonds.